The molecule has 0 unspecified atom stereocenters. The van der Waals surface area contributed by atoms with Gasteiger partial charge in [-0.2, -0.15) is 10.1 Å². The molecule has 3 aromatic rings. The Morgan fingerprint density at radius 1 is 1.28 bits per heavy atom. The maximum Gasteiger partial charge on any atom is 0.297 e. The monoisotopic (exact) mass is 354 g/mol. The van der Waals surface area contributed by atoms with Gasteiger partial charge in [-0.3, -0.25) is 9.48 Å². The summed E-state index contributed by atoms with van der Waals surface area (Å²) in [5.74, 6) is -0.264. The maximum absolute atomic E-state index is 12.7. The predicted octanol–water partition coefficient (Wildman–Crippen LogP) is 3.77. The summed E-state index contributed by atoms with van der Waals surface area (Å²) in [5.41, 5.74) is 4.88. The number of aromatic nitrogens is 3. The van der Waals surface area contributed by atoms with E-state index in [4.69, 9.17) is 0 Å². The highest BCUT2D eigenvalue weighted by Crippen LogP contribution is 2.22. The number of rotatable bonds is 4. The second-order valence-corrected chi connectivity index (χ2v) is 7.10. The van der Waals surface area contributed by atoms with Crippen molar-refractivity contribution in [2.75, 3.05) is 0 Å². The minimum atomic E-state index is -0.264. The minimum Gasteiger partial charge on any atom is -0.312 e. The van der Waals surface area contributed by atoms with Crippen LogP contribution in [0.3, 0.4) is 0 Å². The fourth-order valence-electron chi connectivity index (χ4n) is 2.82. The Morgan fingerprint density at radius 3 is 2.68 bits per heavy atom. The van der Waals surface area contributed by atoms with E-state index in [-0.39, 0.29) is 5.91 Å². The summed E-state index contributed by atoms with van der Waals surface area (Å²) < 4.78 is 4.86. The average Bonchev–Trinajstić information content (AvgIpc) is 3.10. The minimum absolute atomic E-state index is 0.264. The van der Waals surface area contributed by atoms with E-state index >= 15 is 0 Å². The maximum atomic E-state index is 12.7. The lowest BCUT2D eigenvalue weighted by molar-refractivity contribution is 0.0987. The van der Waals surface area contributed by atoms with E-state index in [1.165, 1.54) is 22.5 Å². The third-order valence-electron chi connectivity index (χ3n) is 4.23. The van der Waals surface area contributed by atoms with Crippen molar-refractivity contribution in [2.24, 2.45) is 4.99 Å². The van der Waals surface area contributed by atoms with Gasteiger partial charge in [0.15, 0.2) is 4.80 Å². The zero-order valence-electron chi connectivity index (χ0n) is 15.0. The summed E-state index contributed by atoms with van der Waals surface area (Å²) in [6.45, 7) is 13.1. The largest absolute Gasteiger partial charge is 0.312 e. The van der Waals surface area contributed by atoms with Gasteiger partial charge in [-0.05, 0) is 57.0 Å². The normalized spacial score (nSPS) is 12.1. The van der Waals surface area contributed by atoms with E-state index in [0.29, 0.717) is 23.6 Å². The van der Waals surface area contributed by atoms with Gasteiger partial charge in [0, 0.05) is 13.1 Å². The van der Waals surface area contributed by atoms with Crippen LogP contribution >= 0.6 is 11.3 Å². The number of aryl methyl sites for hydroxylation is 4. The quantitative estimate of drug-likeness (QED) is 0.670. The number of hydrogen-bond acceptors (Lipinski definition) is 3. The molecule has 25 heavy (non-hydrogen) atoms. The van der Waals surface area contributed by atoms with Gasteiger partial charge in [0.05, 0.1) is 15.9 Å². The highest BCUT2D eigenvalue weighted by Gasteiger charge is 2.14. The summed E-state index contributed by atoms with van der Waals surface area (Å²) in [6.07, 6.45) is 1.82. The molecule has 2 aromatic heterocycles. The lowest BCUT2D eigenvalue weighted by Gasteiger charge is -2.04. The van der Waals surface area contributed by atoms with Crippen molar-refractivity contribution >= 4 is 27.5 Å². The Balaban J connectivity index is 2.19. The zero-order valence-corrected chi connectivity index (χ0v) is 15.9. The van der Waals surface area contributed by atoms with Crippen LogP contribution in [0, 0.1) is 20.8 Å². The summed E-state index contributed by atoms with van der Waals surface area (Å²) in [5, 5.41) is 4.33. The summed E-state index contributed by atoms with van der Waals surface area (Å²) in [6, 6.07) is 6.09. The molecule has 0 N–H and O–H groups in total. The van der Waals surface area contributed by atoms with Crippen LogP contribution in [0.5, 0.6) is 0 Å². The Labute approximate surface area is 150 Å². The van der Waals surface area contributed by atoms with E-state index in [1.54, 1.807) is 10.7 Å². The van der Waals surface area contributed by atoms with Crippen molar-refractivity contribution in [2.45, 2.75) is 40.8 Å². The molecule has 0 fully saturated rings. The van der Waals surface area contributed by atoms with Crippen LogP contribution in [0.1, 0.15) is 34.2 Å². The molecule has 0 bridgehead atoms. The van der Waals surface area contributed by atoms with Crippen LogP contribution in [-0.2, 0) is 13.1 Å². The number of hydrogen-bond donors (Lipinski definition) is 0. The molecular formula is C19H22N4OS. The van der Waals surface area contributed by atoms with Crippen molar-refractivity contribution < 1.29 is 4.79 Å². The van der Waals surface area contributed by atoms with Crippen LogP contribution in [0.2, 0.25) is 0 Å². The van der Waals surface area contributed by atoms with E-state index in [1.807, 2.05) is 24.5 Å². The molecule has 0 aliphatic carbocycles. The second kappa shape index (κ2) is 6.80. The van der Waals surface area contributed by atoms with Gasteiger partial charge in [-0.15, -0.1) is 6.58 Å². The molecule has 0 aliphatic rings. The van der Waals surface area contributed by atoms with Crippen molar-refractivity contribution in [3.05, 3.63) is 58.2 Å². The van der Waals surface area contributed by atoms with Crippen LogP contribution in [0.4, 0.5) is 0 Å². The lowest BCUT2D eigenvalue weighted by Crippen LogP contribution is -2.17. The van der Waals surface area contributed by atoms with Gasteiger partial charge >= 0.3 is 0 Å². The van der Waals surface area contributed by atoms with E-state index in [0.717, 1.165) is 15.9 Å². The molecule has 0 atom stereocenters. The van der Waals surface area contributed by atoms with Crippen LogP contribution in [0.25, 0.3) is 10.2 Å². The Hall–Kier alpha value is -2.47. The van der Waals surface area contributed by atoms with Crippen molar-refractivity contribution in [3.63, 3.8) is 0 Å². The summed E-state index contributed by atoms with van der Waals surface area (Å²) in [4.78, 5) is 17.8. The van der Waals surface area contributed by atoms with Gasteiger partial charge in [-0.25, -0.2) is 0 Å². The molecule has 0 spiro atoms. The molecule has 130 valence electrons. The molecule has 1 amide bonds. The van der Waals surface area contributed by atoms with Crippen molar-refractivity contribution in [1.29, 1.82) is 0 Å². The molecular weight excluding hydrogens is 332 g/mol. The number of amides is 1. The fraction of sp³-hybridized carbons (Fsp3) is 0.316. The topological polar surface area (TPSA) is 52.2 Å². The first-order valence-corrected chi connectivity index (χ1v) is 9.11. The number of allylic oxidation sites excluding steroid dienone is 1. The van der Waals surface area contributed by atoms with Gasteiger partial charge in [0.2, 0.25) is 0 Å². The van der Waals surface area contributed by atoms with E-state index in [9.17, 15) is 4.79 Å². The highest BCUT2D eigenvalue weighted by atomic mass is 32.1. The van der Waals surface area contributed by atoms with E-state index in [2.05, 4.69) is 42.7 Å². The highest BCUT2D eigenvalue weighted by molar-refractivity contribution is 7.16. The molecule has 3 rings (SSSR count). The number of benzene rings is 1. The molecule has 0 saturated heterocycles. The first-order valence-electron chi connectivity index (χ1n) is 8.29. The smallest absolute Gasteiger partial charge is 0.297 e. The van der Waals surface area contributed by atoms with Gasteiger partial charge in [0.25, 0.3) is 5.91 Å². The Bertz CT molecular complexity index is 1040. The number of thiazole rings is 1. The van der Waals surface area contributed by atoms with Gasteiger partial charge in [0.1, 0.15) is 5.69 Å². The molecule has 6 heteroatoms. The number of fused-ring (bicyclic) bond motifs is 1. The van der Waals surface area contributed by atoms with Crippen LogP contribution in [0.15, 0.2) is 35.8 Å². The molecule has 5 nitrogen and oxygen atoms in total. The van der Waals surface area contributed by atoms with Crippen LogP contribution < -0.4 is 4.80 Å². The standard InChI is InChI=1S/C19H22N4OS/c1-6-8-22-15-9-12(3)13(4)10-17(15)25-19(22)20-18(24)16-11-14(5)21-23(16)7-2/h6,9-11H,1,7-8H2,2-5H3. The third kappa shape index (κ3) is 3.22. The summed E-state index contributed by atoms with van der Waals surface area (Å²) in [7, 11) is 0. The zero-order chi connectivity index (χ0) is 18.1. The van der Waals surface area contributed by atoms with Crippen molar-refractivity contribution in [3.8, 4) is 0 Å². The van der Waals surface area contributed by atoms with Crippen LogP contribution in [-0.4, -0.2) is 20.3 Å². The molecule has 0 saturated carbocycles. The fourth-order valence-corrected chi connectivity index (χ4v) is 3.93. The molecule has 0 radical (unpaired) electrons. The summed E-state index contributed by atoms with van der Waals surface area (Å²) >= 11 is 1.53. The van der Waals surface area contributed by atoms with Gasteiger partial charge in [-0.1, -0.05) is 17.4 Å². The average molecular weight is 354 g/mol. The first-order chi connectivity index (χ1) is 11.9. The SMILES string of the molecule is C=CCn1c(=NC(=O)c2cc(C)nn2CC)sc2cc(C)c(C)cc21. The second-order valence-electron chi connectivity index (χ2n) is 6.09. The number of carbonyl (C=O) groups is 1. The first kappa shape index (κ1) is 17.4. The number of carbonyl (C=O) groups excluding carboxylic acids is 1. The molecule has 2 heterocycles. The molecule has 0 aliphatic heterocycles. The number of nitrogens with zero attached hydrogens (tertiary/aromatic N) is 4. The Kier molecular flexibility index (Phi) is 4.72. The predicted molar refractivity (Wildman–Crippen MR) is 102 cm³/mol. The van der Waals surface area contributed by atoms with E-state index < -0.39 is 0 Å². The van der Waals surface area contributed by atoms with Crippen molar-refractivity contribution in [1.82, 2.24) is 14.3 Å². The molecule has 1 aromatic carbocycles. The third-order valence-corrected chi connectivity index (χ3v) is 5.27. The van der Waals surface area contributed by atoms with Gasteiger partial charge < -0.3 is 4.57 Å². The Morgan fingerprint density at radius 2 is 2.00 bits per heavy atom. The lowest BCUT2D eigenvalue weighted by atomic mass is 10.1.